The van der Waals surface area contributed by atoms with Gasteiger partial charge in [-0.25, -0.2) is 0 Å². The number of furan rings is 1. The Kier molecular flexibility index (Phi) is 5.37. The maximum atomic E-state index is 11.1. The number of benzene rings is 1. The Labute approximate surface area is 178 Å². The molecule has 1 aliphatic heterocycles. The monoisotopic (exact) mass is 424 g/mol. The lowest BCUT2D eigenvalue weighted by molar-refractivity contribution is -0.384. The highest BCUT2D eigenvalue weighted by Crippen LogP contribution is 2.41. The van der Waals surface area contributed by atoms with E-state index in [9.17, 15) is 10.1 Å². The summed E-state index contributed by atoms with van der Waals surface area (Å²) < 4.78 is 11.6. The summed E-state index contributed by atoms with van der Waals surface area (Å²) >= 11 is 5.53. The molecule has 1 aromatic carbocycles. The number of thiocarbonyl (C=S) groups is 1. The van der Waals surface area contributed by atoms with Gasteiger partial charge in [0, 0.05) is 18.8 Å². The number of aromatic nitrogens is 1. The lowest BCUT2D eigenvalue weighted by Gasteiger charge is -2.24. The third-order valence-electron chi connectivity index (χ3n) is 5.12. The highest BCUT2D eigenvalue weighted by Gasteiger charge is 2.41. The number of ether oxygens (including phenoxy) is 1. The molecule has 0 saturated carbocycles. The van der Waals surface area contributed by atoms with Crippen LogP contribution in [0.25, 0.3) is 11.3 Å². The van der Waals surface area contributed by atoms with Gasteiger partial charge in [-0.15, -0.1) is 0 Å². The van der Waals surface area contributed by atoms with Gasteiger partial charge in [0.25, 0.3) is 5.69 Å². The lowest BCUT2D eigenvalue weighted by Crippen LogP contribution is -2.29. The molecule has 0 amide bonds. The van der Waals surface area contributed by atoms with E-state index in [1.54, 1.807) is 12.3 Å². The van der Waals surface area contributed by atoms with E-state index in [0.717, 1.165) is 11.5 Å². The van der Waals surface area contributed by atoms with Crippen molar-refractivity contribution in [1.82, 2.24) is 15.2 Å². The number of nitro benzene ring substituents is 1. The van der Waals surface area contributed by atoms with Gasteiger partial charge in [-0.05, 0) is 49.5 Å². The summed E-state index contributed by atoms with van der Waals surface area (Å²) in [5.74, 6) is 1.65. The van der Waals surface area contributed by atoms with Gasteiger partial charge in [0.1, 0.15) is 23.3 Å². The van der Waals surface area contributed by atoms with Gasteiger partial charge in [0.2, 0.25) is 0 Å². The molecule has 8 nitrogen and oxygen atoms in total. The van der Waals surface area contributed by atoms with Crippen LogP contribution in [0.1, 0.15) is 30.5 Å². The zero-order valence-electron chi connectivity index (χ0n) is 16.4. The molecule has 1 fully saturated rings. The lowest BCUT2D eigenvalue weighted by atomic mass is 10.0. The molecule has 2 aromatic heterocycles. The first kappa shape index (κ1) is 19.8. The molecule has 1 saturated heterocycles. The van der Waals surface area contributed by atoms with Gasteiger partial charge >= 0.3 is 0 Å². The first-order valence-corrected chi connectivity index (χ1v) is 9.85. The summed E-state index contributed by atoms with van der Waals surface area (Å²) in [5.41, 5.74) is 1.46. The number of nitrogens with zero attached hydrogens (tertiary/aromatic N) is 3. The van der Waals surface area contributed by atoms with Crippen LogP contribution >= 0.6 is 12.2 Å². The molecule has 3 aromatic rings. The molecule has 0 aliphatic carbocycles. The number of pyridine rings is 1. The van der Waals surface area contributed by atoms with Crippen LogP contribution in [0.3, 0.4) is 0 Å². The van der Waals surface area contributed by atoms with E-state index in [0.29, 0.717) is 28.7 Å². The first-order chi connectivity index (χ1) is 14.5. The minimum Gasteiger partial charge on any atom is -0.496 e. The van der Waals surface area contributed by atoms with Crippen molar-refractivity contribution in [3.8, 4) is 17.1 Å². The largest absolute Gasteiger partial charge is 0.496 e. The molecule has 1 N–H and O–H groups in total. The number of rotatable bonds is 6. The van der Waals surface area contributed by atoms with Gasteiger partial charge in [0.15, 0.2) is 5.11 Å². The first-order valence-electron chi connectivity index (χ1n) is 9.44. The normalized spacial score (nSPS) is 18.3. The van der Waals surface area contributed by atoms with E-state index in [1.165, 1.54) is 19.2 Å². The molecule has 1 aliphatic rings. The third kappa shape index (κ3) is 3.48. The van der Waals surface area contributed by atoms with Gasteiger partial charge in [-0.2, -0.15) is 0 Å². The topological polar surface area (TPSA) is 93.7 Å². The third-order valence-corrected chi connectivity index (χ3v) is 5.47. The van der Waals surface area contributed by atoms with Crippen LogP contribution in [0.4, 0.5) is 5.69 Å². The van der Waals surface area contributed by atoms with Gasteiger partial charge in [0.05, 0.1) is 35.4 Å². The van der Waals surface area contributed by atoms with Crippen LogP contribution in [-0.2, 0) is 0 Å². The second-order valence-corrected chi connectivity index (χ2v) is 7.14. The molecule has 0 radical (unpaired) electrons. The van der Waals surface area contributed by atoms with E-state index in [-0.39, 0.29) is 17.8 Å². The van der Waals surface area contributed by atoms with Crippen molar-refractivity contribution < 1.29 is 14.1 Å². The highest BCUT2D eigenvalue weighted by atomic mass is 32.1. The van der Waals surface area contributed by atoms with Crippen LogP contribution in [0.5, 0.6) is 5.75 Å². The second kappa shape index (κ2) is 8.11. The average molecular weight is 424 g/mol. The molecule has 2 atom stereocenters. The van der Waals surface area contributed by atoms with Crippen LogP contribution in [0.2, 0.25) is 0 Å². The zero-order chi connectivity index (χ0) is 21.3. The van der Waals surface area contributed by atoms with Crippen LogP contribution < -0.4 is 10.1 Å². The standard InChI is InChI=1S/C21H20N4O4S/c1-3-24-20(19(23-21(24)30)15-6-4-5-11-22-15)17-10-9-16(29-17)14-8-7-13(25(26)27)12-18(14)28-2/h4-12,19-20H,3H2,1-2H3,(H,23,30)/t19-,20+/m1/s1. The number of likely N-dealkylation sites (N-methyl/N-ethyl adjacent to an activating group) is 1. The van der Waals surface area contributed by atoms with E-state index < -0.39 is 4.92 Å². The summed E-state index contributed by atoms with van der Waals surface area (Å²) in [7, 11) is 1.47. The van der Waals surface area contributed by atoms with Crippen molar-refractivity contribution >= 4 is 23.0 Å². The van der Waals surface area contributed by atoms with Crippen molar-refractivity contribution in [3.63, 3.8) is 0 Å². The van der Waals surface area contributed by atoms with Crippen molar-refractivity contribution in [2.75, 3.05) is 13.7 Å². The molecule has 0 bridgehead atoms. The molecule has 0 unspecified atom stereocenters. The number of methoxy groups -OCH3 is 1. The Morgan fingerprint density at radius 2 is 2.13 bits per heavy atom. The molecule has 30 heavy (non-hydrogen) atoms. The van der Waals surface area contributed by atoms with Gasteiger partial charge in [-0.1, -0.05) is 6.07 Å². The minimum absolute atomic E-state index is 0.0416. The molecule has 9 heteroatoms. The molecule has 154 valence electrons. The van der Waals surface area contributed by atoms with Crippen LogP contribution in [0.15, 0.2) is 59.1 Å². The fourth-order valence-corrected chi connectivity index (χ4v) is 4.08. The fraction of sp³-hybridized carbons (Fsp3) is 0.238. The summed E-state index contributed by atoms with van der Waals surface area (Å²) in [4.78, 5) is 17.1. The number of nitro groups is 1. The number of nitrogens with one attached hydrogen (secondary N) is 1. The summed E-state index contributed by atoms with van der Waals surface area (Å²) in [6.07, 6.45) is 1.75. The van der Waals surface area contributed by atoms with Gasteiger partial charge in [-0.3, -0.25) is 15.1 Å². The maximum Gasteiger partial charge on any atom is 0.273 e. The molecule has 3 heterocycles. The van der Waals surface area contributed by atoms with Crippen molar-refractivity contribution in [2.45, 2.75) is 19.0 Å². The quantitative estimate of drug-likeness (QED) is 0.357. The minimum atomic E-state index is -0.457. The van der Waals surface area contributed by atoms with E-state index >= 15 is 0 Å². The van der Waals surface area contributed by atoms with Crippen LogP contribution in [-0.4, -0.2) is 33.6 Å². The van der Waals surface area contributed by atoms with Crippen molar-refractivity contribution in [1.29, 1.82) is 0 Å². The number of hydrogen-bond acceptors (Lipinski definition) is 6. The number of hydrogen-bond donors (Lipinski definition) is 1. The van der Waals surface area contributed by atoms with Crippen molar-refractivity contribution in [2.24, 2.45) is 0 Å². The van der Waals surface area contributed by atoms with Crippen molar-refractivity contribution in [3.05, 3.63) is 76.3 Å². The van der Waals surface area contributed by atoms with Crippen LogP contribution in [0, 0.1) is 10.1 Å². The predicted octanol–water partition coefficient (Wildman–Crippen LogP) is 4.25. The smallest absolute Gasteiger partial charge is 0.273 e. The van der Waals surface area contributed by atoms with E-state index in [2.05, 4.69) is 15.2 Å². The highest BCUT2D eigenvalue weighted by molar-refractivity contribution is 7.80. The maximum absolute atomic E-state index is 11.1. The van der Waals surface area contributed by atoms with Gasteiger partial charge < -0.3 is 19.4 Å². The van der Waals surface area contributed by atoms with E-state index in [1.807, 2.05) is 37.3 Å². The molecule has 0 spiro atoms. The Morgan fingerprint density at radius 1 is 1.30 bits per heavy atom. The Hall–Kier alpha value is -3.46. The zero-order valence-corrected chi connectivity index (χ0v) is 17.3. The Balaban J connectivity index is 1.73. The molecular weight excluding hydrogens is 404 g/mol. The molecule has 4 rings (SSSR count). The summed E-state index contributed by atoms with van der Waals surface area (Å²) in [6.45, 7) is 2.74. The second-order valence-electron chi connectivity index (χ2n) is 6.76. The fourth-order valence-electron chi connectivity index (χ4n) is 3.71. The Morgan fingerprint density at radius 3 is 2.80 bits per heavy atom. The SMILES string of the molecule is CCN1C(=S)N[C@H](c2ccccn2)[C@@H]1c1ccc(-c2ccc([N+](=O)[O-])cc2OC)o1. The molecular formula is C21H20N4O4S. The number of non-ortho nitro benzene ring substituents is 1. The van der Waals surface area contributed by atoms with E-state index in [4.69, 9.17) is 21.4 Å². The Bertz CT molecular complexity index is 1090. The summed E-state index contributed by atoms with van der Waals surface area (Å²) in [5, 5.41) is 15.1. The summed E-state index contributed by atoms with van der Waals surface area (Å²) in [6, 6.07) is 13.6. The predicted molar refractivity (Wildman–Crippen MR) is 115 cm³/mol. The average Bonchev–Trinajstić information content (AvgIpc) is 3.37.